The predicted octanol–water partition coefficient (Wildman–Crippen LogP) is 1.92. The van der Waals surface area contributed by atoms with Crippen LogP contribution in [0.4, 0.5) is 0 Å². The monoisotopic (exact) mass is 276 g/mol. The van der Waals surface area contributed by atoms with Crippen molar-refractivity contribution in [2.45, 2.75) is 37.8 Å². The highest BCUT2D eigenvalue weighted by Crippen LogP contribution is 2.45. The van der Waals surface area contributed by atoms with Crippen molar-refractivity contribution in [2.75, 3.05) is 0 Å². The molecule has 0 spiro atoms. The average Bonchev–Trinajstić information content (AvgIpc) is 3.02. The van der Waals surface area contributed by atoms with Crippen LogP contribution in [0.3, 0.4) is 0 Å². The normalized spacial score (nSPS) is 17.2. The molecule has 0 radical (unpaired) electrons. The lowest BCUT2D eigenvalue weighted by molar-refractivity contribution is 0.512. The van der Waals surface area contributed by atoms with Crippen LogP contribution >= 0.6 is 7.92 Å². The molecule has 0 atom stereocenters. The average molecular weight is 276 g/mol. The molecule has 2 aromatic rings. The zero-order valence-electron chi connectivity index (χ0n) is 11.7. The van der Waals surface area contributed by atoms with Crippen molar-refractivity contribution in [3.8, 4) is 0 Å². The van der Waals surface area contributed by atoms with Crippen LogP contribution in [0.2, 0.25) is 0 Å². The van der Waals surface area contributed by atoms with Crippen LogP contribution in [0.15, 0.2) is 24.8 Å². The molecule has 3 rings (SSSR count). The van der Waals surface area contributed by atoms with Crippen molar-refractivity contribution in [1.82, 2.24) is 19.1 Å². The smallest absolute Gasteiger partial charge is 0.139 e. The second-order valence-electron chi connectivity index (χ2n) is 5.34. The molecule has 2 aromatic heterocycles. The molecule has 1 fully saturated rings. The maximum atomic E-state index is 4.63. The molecule has 0 aromatic carbocycles. The van der Waals surface area contributed by atoms with Gasteiger partial charge in [-0.15, -0.1) is 0 Å². The molecule has 0 amide bonds. The van der Waals surface area contributed by atoms with Crippen LogP contribution in [0.1, 0.15) is 32.1 Å². The van der Waals surface area contributed by atoms with Gasteiger partial charge in [-0.3, -0.25) is 0 Å². The lowest BCUT2D eigenvalue weighted by Gasteiger charge is -2.29. The van der Waals surface area contributed by atoms with E-state index in [0.29, 0.717) is 0 Å². The molecule has 0 unspecified atom stereocenters. The minimum absolute atomic E-state index is 0.433. The largest absolute Gasteiger partial charge is 0.334 e. The first-order chi connectivity index (χ1) is 9.27. The summed E-state index contributed by atoms with van der Waals surface area (Å²) >= 11 is 0. The van der Waals surface area contributed by atoms with Gasteiger partial charge in [0.15, 0.2) is 0 Å². The Kier molecular flexibility index (Phi) is 3.69. The molecule has 0 saturated heterocycles. The molecule has 1 aliphatic rings. The van der Waals surface area contributed by atoms with Crippen molar-refractivity contribution in [1.29, 1.82) is 0 Å². The molecular weight excluding hydrogens is 255 g/mol. The minimum Gasteiger partial charge on any atom is -0.334 e. The van der Waals surface area contributed by atoms with E-state index in [-0.39, 0.29) is 0 Å². The number of aromatic nitrogens is 4. The molecule has 4 nitrogen and oxygen atoms in total. The summed E-state index contributed by atoms with van der Waals surface area (Å²) < 4.78 is 4.35. The van der Waals surface area contributed by atoms with Crippen molar-refractivity contribution >= 4 is 19.1 Å². The molecule has 0 N–H and O–H groups in total. The van der Waals surface area contributed by atoms with Gasteiger partial charge in [-0.2, -0.15) is 0 Å². The minimum atomic E-state index is -0.433. The van der Waals surface area contributed by atoms with Gasteiger partial charge in [0.05, 0.1) is 0 Å². The maximum absolute atomic E-state index is 4.63. The van der Waals surface area contributed by atoms with Crippen molar-refractivity contribution in [3.63, 3.8) is 0 Å². The van der Waals surface area contributed by atoms with Crippen LogP contribution < -0.4 is 11.1 Å². The van der Waals surface area contributed by atoms with E-state index in [0.717, 1.165) is 5.66 Å². The Hall–Kier alpha value is -1.15. The molecule has 2 heterocycles. The lowest BCUT2D eigenvalue weighted by Crippen LogP contribution is -2.32. The molecular formula is C14H21N4P. The second kappa shape index (κ2) is 5.46. The first-order valence-corrected chi connectivity index (χ1v) is 8.42. The fourth-order valence-corrected chi connectivity index (χ4v) is 5.84. The summed E-state index contributed by atoms with van der Waals surface area (Å²) in [7, 11) is 3.77. The van der Waals surface area contributed by atoms with E-state index in [1.165, 1.54) is 43.2 Å². The highest BCUT2D eigenvalue weighted by molar-refractivity contribution is 7.72. The third-order valence-electron chi connectivity index (χ3n) is 3.96. The summed E-state index contributed by atoms with van der Waals surface area (Å²) in [6.45, 7) is 0. The highest BCUT2D eigenvalue weighted by atomic mass is 31.1. The summed E-state index contributed by atoms with van der Waals surface area (Å²) in [6.07, 6.45) is 14.7. The fourth-order valence-electron chi connectivity index (χ4n) is 2.94. The molecule has 102 valence electrons. The topological polar surface area (TPSA) is 35.6 Å². The summed E-state index contributed by atoms with van der Waals surface area (Å²) in [6, 6.07) is 0. The van der Waals surface area contributed by atoms with Crippen molar-refractivity contribution in [2.24, 2.45) is 14.1 Å². The lowest BCUT2D eigenvalue weighted by atomic mass is 10.0. The number of nitrogens with zero attached hydrogens (tertiary/aromatic N) is 4. The van der Waals surface area contributed by atoms with E-state index in [1.54, 1.807) is 0 Å². The maximum Gasteiger partial charge on any atom is 0.139 e. The first kappa shape index (κ1) is 12.9. The van der Waals surface area contributed by atoms with E-state index < -0.39 is 7.92 Å². The van der Waals surface area contributed by atoms with Gasteiger partial charge >= 0.3 is 0 Å². The fraction of sp³-hybridized carbons (Fsp3) is 0.571. The van der Waals surface area contributed by atoms with Crippen LogP contribution in [0.25, 0.3) is 0 Å². The van der Waals surface area contributed by atoms with Gasteiger partial charge in [0.1, 0.15) is 11.1 Å². The highest BCUT2D eigenvalue weighted by Gasteiger charge is 2.31. The first-order valence-electron chi connectivity index (χ1n) is 7.01. The third kappa shape index (κ3) is 2.46. The molecule has 19 heavy (non-hydrogen) atoms. The number of hydrogen-bond acceptors (Lipinski definition) is 2. The molecule has 1 saturated carbocycles. The summed E-state index contributed by atoms with van der Waals surface area (Å²) in [5.74, 6) is 0. The van der Waals surface area contributed by atoms with E-state index in [1.807, 2.05) is 12.4 Å². The van der Waals surface area contributed by atoms with E-state index >= 15 is 0 Å². The van der Waals surface area contributed by atoms with Crippen LogP contribution in [-0.4, -0.2) is 24.8 Å². The molecule has 0 bridgehead atoms. The Morgan fingerprint density at radius 2 is 1.47 bits per heavy atom. The standard InChI is InChI=1S/C14H21N4P/c1-17-10-8-15-13(17)19(12-6-4-3-5-7-12)14-16-9-11-18(14)2/h8-12H,3-7H2,1-2H3. The summed E-state index contributed by atoms with van der Waals surface area (Å²) in [4.78, 5) is 9.25. The van der Waals surface area contributed by atoms with E-state index in [2.05, 4.69) is 45.6 Å². The van der Waals surface area contributed by atoms with Gasteiger partial charge < -0.3 is 9.13 Å². The van der Waals surface area contributed by atoms with Gasteiger partial charge in [0.25, 0.3) is 0 Å². The van der Waals surface area contributed by atoms with Crippen LogP contribution in [0.5, 0.6) is 0 Å². The third-order valence-corrected chi connectivity index (χ3v) is 6.93. The zero-order chi connectivity index (χ0) is 13.2. The Bertz CT molecular complexity index is 499. The summed E-state index contributed by atoms with van der Waals surface area (Å²) in [5, 5.41) is 0. The number of rotatable bonds is 3. The van der Waals surface area contributed by atoms with Crippen LogP contribution in [-0.2, 0) is 14.1 Å². The Labute approximate surface area is 115 Å². The second-order valence-corrected chi connectivity index (χ2v) is 7.61. The van der Waals surface area contributed by atoms with Crippen molar-refractivity contribution in [3.05, 3.63) is 24.8 Å². The molecule has 5 heteroatoms. The number of imidazole rings is 2. The van der Waals surface area contributed by atoms with Crippen molar-refractivity contribution < 1.29 is 0 Å². The van der Waals surface area contributed by atoms with E-state index in [4.69, 9.17) is 0 Å². The zero-order valence-corrected chi connectivity index (χ0v) is 12.6. The predicted molar refractivity (Wildman–Crippen MR) is 79.5 cm³/mol. The Balaban J connectivity index is 2.00. The van der Waals surface area contributed by atoms with Gasteiger partial charge in [0, 0.05) is 46.8 Å². The van der Waals surface area contributed by atoms with Gasteiger partial charge in [-0.05, 0) is 18.5 Å². The quantitative estimate of drug-likeness (QED) is 0.803. The van der Waals surface area contributed by atoms with Gasteiger partial charge in [0.2, 0.25) is 0 Å². The number of aryl methyl sites for hydroxylation is 2. The Morgan fingerprint density at radius 3 is 1.89 bits per heavy atom. The van der Waals surface area contributed by atoms with Gasteiger partial charge in [-0.1, -0.05) is 19.3 Å². The SMILES string of the molecule is Cn1ccnc1P(c1nccn1C)C1CCCCC1. The Morgan fingerprint density at radius 1 is 0.947 bits per heavy atom. The number of hydrogen-bond donors (Lipinski definition) is 0. The molecule has 0 aliphatic heterocycles. The van der Waals surface area contributed by atoms with Crippen LogP contribution in [0, 0.1) is 0 Å². The molecule has 1 aliphatic carbocycles. The summed E-state index contributed by atoms with van der Waals surface area (Å²) in [5.41, 5.74) is 3.18. The van der Waals surface area contributed by atoms with E-state index in [9.17, 15) is 0 Å². The van der Waals surface area contributed by atoms with Gasteiger partial charge in [-0.25, -0.2) is 9.97 Å².